The minimum Gasteiger partial charge on any atom is -0.364 e. The molecule has 5 heteroatoms. The highest BCUT2D eigenvalue weighted by atomic mass is 16.1. The van der Waals surface area contributed by atoms with Crippen LogP contribution in [0.25, 0.3) is 12.4 Å². The quantitative estimate of drug-likeness (QED) is 0.495. The first-order valence-electron chi connectivity index (χ1n) is 9.06. The van der Waals surface area contributed by atoms with Crippen LogP contribution >= 0.6 is 0 Å². The number of aliphatic imine (C=N–C) groups is 1. The number of nitrogens with one attached hydrogen (secondary N) is 3. The summed E-state index contributed by atoms with van der Waals surface area (Å²) in [7, 11) is 0. The van der Waals surface area contributed by atoms with E-state index in [1.165, 1.54) is 5.57 Å². The highest BCUT2D eigenvalue weighted by Gasteiger charge is 2.38. The molecule has 0 aliphatic heterocycles. The zero-order chi connectivity index (χ0) is 19.3. The van der Waals surface area contributed by atoms with Crippen LogP contribution in [0.1, 0.15) is 56.1 Å². The fraction of sp³-hybridized carbons (Fsp3) is 0.429. The molecule has 1 fully saturated rings. The molecule has 0 atom stereocenters. The third-order valence-corrected chi connectivity index (χ3v) is 4.61. The van der Waals surface area contributed by atoms with Crippen molar-refractivity contribution in [3.05, 3.63) is 46.1 Å². The Morgan fingerprint density at radius 3 is 2.69 bits per heavy atom. The van der Waals surface area contributed by atoms with Crippen molar-refractivity contribution in [1.29, 1.82) is 0 Å². The van der Waals surface area contributed by atoms with Gasteiger partial charge in [0, 0.05) is 29.3 Å². The first-order chi connectivity index (χ1) is 12.3. The Balaban J connectivity index is 2.35. The lowest BCUT2D eigenvalue weighted by Crippen LogP contribution is -2.39. The summed E-state index contributed by atoms with van der Waals surface area (Å²) >= 11 is 0. The van der Waals surface area contributed by atoms with Crippen molar-refractivity contribution in [2.24, 2.45) is 4.99 Å². The predicted octanol–water partition coefficient (Wildman–Crippen LogP) is 2.28. The largest absolute Gasteiger partial charge is 0.364 e. The van der Waals surface area contributed by atoms with Gasteiger partial charge in [-0.3, -0.25) is 4.79 Å². The third kappa shape index (κ3) is 4.75. The molecule has 1 heterocycles. The number of hydrogen-bond donors (Lipinski definition) is 3. The van der Waals surface area contributed by atoms with Gasteiger partial charge in [-0.05, 0) is 47.0 Å². The molecule has 0 bridgehead atoms. The average molecular weight is 354 g/mol. The van der Waals surface area contributed by atoms with Gasteiger partial charge < -0.3 is 15.6 Å². The summed E-state index contributed by atoms with van der Waals surface area (Å²) in [4.78, 5) is 20.5. The second-order valence-corrected chi connectivity index (χ2v) is 7.15. The van der Waals surface area contributed by atoms with Crippen LogP contribution in [0.3, 0.4) is 0 Å². The Morgan fingerprint density at radius 1 is 1.42 bits per heavy atom. The number of H-pyrrole nitrogens is 1. The van der Waals surface area contributed by atoms with Crippen LogP contribution < -0.4 is 21.2 Å². The van der Waals surface area contributed by atoms with Gasteiger partial charge >= 0.3 is 0 Å². The van der Waals surface area contributed by atoms with Gasteiger partial charge in [0.2, 0.25) is 0 Å². The molecular formula is C21H30N4O. The highest BCUT2D eigenvalue weighted by Crippen LogP contribution is 2.35. The Kier molecular flexibility index (Phi) is 6.24. The summed E-state index contributed by atoms with van der Waals surface area (Å²) in [5.41, 5.74) is 2.64. The first kappa shape index (κ1) is 19.8. The molecule has 140 valence electrons. The summed E-state index contributed by atoms with van der Waals surface area (Å²) in [5.74, 6) is 0.594. The van der Waals surface area contributed by atoms with Crippen LogP contribution in [-0.2, 0) is 0 Å². The Hall–Kier alpha value is -2.56. The van der Waals surface area contributed by atoms with Gasteiger partial charge in [0.25, 0.3) is 5.91 Å². The van der Waals surface area contributed by atoms with Crippen LogP contribution in [-0.4, -0.2) is 29.2 Å². The Bertz CT molecular complexity index is 853. The zero-order valence-corrected chi connectivity index (χ0v) is 16.3. The van der Waals surface area contributed by atoms with E-state index in [4.69, 9.17) is 0 Å². The number of aryl methyl sites for hydroxylation is 1. The maximum absolute atomic E-state index is 12.8. The topological polar surface area (TPSA) is 69.3 Å². The smallest absolute Gasteiger partial charge is 0.253 e. The summed E-state index contributed by atoms with van der Waals surface area (Å²) < 4.78 is 0. The molecule has 0 radical (unpaired) electrons. The van der Waals surface area contributed by atoms with Crippen molar-refractivity contribution >= 4 is 24.5 Å². The van der Waals surface area contributed by atoms with Crippen molar-refractivity contribution < 1.29 is 4.79 Å². The number of rotatable bonds is 8. The minimum absolute atomic E-state index is 0.0554. The van der Waals surface area contributed by atoms with Gasteiger partial charge in [0.1, 0.15) is 5.82 Å². The monoisotopic (exact) mass is 354 g/mol. The second-order valence-electron chi connectivity index (χ2n) is 7.15. The summed E-state index contributed by atoms with van der Waals surface area (Å²) in [6.45, 7) is 16.3. The van der Waals surface area contributed by atoms with Crippen LogP contribution in [0.5, 0.6) is 0 Å². The molecule has 0 spiro atoms. The molecule has 1 aliphatic rings. The van der Waals surface area contributed by atoms with Gasteiger partial charge in [0.15, 0.2) is 0 Å². The summed E-state index contributed by atoms with van der Waals surface area (Å²) in [6.07, 6.45) is 8.43. The van der Waals surface area contributed by atoms with Crippen LogP contribution in [0, 0.1) is 6.92 Å². The highest BCUT2D eigenvalue weighted by molar-refractivity contribution is 5.96. The summed E-state index contributed by atoms with van der Waals surface area (Å²) in [5, 5.41) is 7.94. The molecule has 3 N–H and O–H groups in total. The van der Waals surface area contributed by atoms with Crippen molar-refractivity contribution in [2.45, 2.75) is 52.5 Å². The van der Waals surface area contributed by atoms with E-state index in [2.05, 4.69) is 40.7 Å². The fourth-order valence-electron chi connectivity index (χ4n) is 2.87. The molecule has 5 nitrogen and oxygen atoms in total. The number of carbonyl (C=O) groups is 1. The second kappa shape index (κ2) is 8.21. The lowest BCUT2D eigenvalue weighted by atomic mass is 10.1. The lowest BCUT2D eigenvalue weighted by molar-refractivity contribution is 0.0952. The normalized spacial score (nSPS) is 17.2. The molecule has 0 saturated heterocycles. The van der Waals surface area contributed by atoms with Gasteiger partial charge in [0.05, 0.1) is 10.8 Å². The van der Waals surface area contributed by atoms with E-state index in [-0.39, 0.29) is 11.4 Å². The number of nitrogens with zero attached hydrogens (tertiary/aromatic N) is 1. The van der Waals surface area contributed by atoms with Crippen molar-refractivity contribution in [1.82, 2.24) is 15.6 Å². The third-order valence-electron chi connectivity index (χ3n) is 4.61. The molecule has 1 aromatic rings. The van der Waals surface area contributed by atoms with Crippen LogP contribution in [0.2, 0.25) is 0 Å². The van der Waals surface area contributed by atoms with E-state index in [1.54, 1.807) is 12.3 Å². The van der Waals surface area contributed by atoms with E-state index in [0.29, 0.717) is 23.3 Å². The number of allylic oxidation sites excluding steroid dienone is 2. The number of carbonyl (C=O) groups excluding carboxylic acids is 1. The standard InChI is InChI=1S/C21H30N4O/c1-7-9-14(3)10-13-23-20(26)18-16(5)24-15(4)17(18)19(22-8-2)25-21(6)11-12-21/h7-9,24-25H,1,4,10-13H2,2-3,5-6H3,(H,23,26)/b14-9+,19-17-,22-8?. The zero-order valence-electron chi connectivity index (χ0n) is 16.3. The number of amides is 1. The van der Waals surface area contributed by atoms with E-state index in [9.17, 15) is 4.79 Å². The average Bonchev–Trinajstić information content (AvgIpc) is 3.20. The van der Waals surface area contributed by atoms with Crippen molar-refractivity contribution in [3.8, 4) is 0 Å². The number of aromatic nitrogens is 1. The molecule has 0 aromatic carbocycles. The molecule has 1 aliphatic carbocycles. The summed E-state index contributed by atoms with van der Waals surface area (Å²) in [6, 6.07) is 0. The van der Waals surface area contributed by atoms with Crippen molar-refractivity contribution in [2.75, 3.05) is 6.54 Å². The minimum atomic E-state index is -0.110. The van der Waals surface area contributed by atoms with Crippen LogP contribution in [0.15, 0.2) is 29.3 Å². The molecular weight excluding hydrogens is 324 g/mol. The maximum atomic E-state index is 12.8. The van der Waals surface area contributed by atoms with Gasteiger partial charge in [-0.25, -0.2) is 4.99 Å². The van der Waals surface area contributed by atoms with Crippen molar-refractivity contribution in [3.63, 3.8) is 0 Å². The molecule has 0 unspecified atom stereocenters. The van der Waals surface area contributed by atoms with Crippen LogP contribution in [0.4, 0.5) is 0 Å². The van der Waals surface area contributed by atoms with E-state index in [0.717, 1.165) is 30.2 Å². The molecule has 26 heavy (non-hydrogen) atoms. The molecule has 2 rings (SSSR count). The molecule has 1 amide bonds. The van der Waals surface area contributed by atoms with E-state index in [1.807, 2.05) is 26.8 Å². The van der Waals surface area contributed by atoms with Gasteiger partial charge in [-0.1, -0.05) is 30.9 Å². The molecule has 1 saturated carbocycles. The van der Waals surface area contributed by atoms with E-state index >= 15 is 0 Å². The Morgan fingerprint density at radius 2 is 2.12 bits per heavy atom. The predicted molar refractivity (Wildman–Crippen MR) is 110 cm³/mol. The number of hydrogen-bond acceptors (Lipinski definition) is 3. The molecule has 1 aromatic heterocycles. The number of aromatic amines is 1. The first-order valence-corrected chi connectivity index (χ1v) is 9.06. The maximum Gasteiger partial charge on any atom is 0.253 e. The SMILES string of the molecule is C=C/C=C(\C)CCNC(=O)c1c(C)[nH]c(=C)/c1=C(\N=CC)NC1(C)CC1. The Labute approximate surface area is 155 Å². The lowest BCUT2D eigenvalue weighted by Gasteiger charge is -2.14. The van der Waals surface area contributed by atoms with Gasteiger partial charge in [-0.2, -0.15) is 0 Å². The fourth-order valence-corrected chi connectivity index (χ4v) is 2.87. The van der Waals surface area contributed by atoms with Gasteiger partial charge in [-0.15, -0.1) is 0 Å². The van der Waals surface area contributed by atoms with E-state index < -0.39 is 0 Å².